The fraction of sp³-hybridized carbons (Fsp3) is 0.385. The van der Waals surface area contributed by atoms with Gasteiger partial charge in [-0.2, -0.15) is 0 Å². The van der Waals surface area contributed by atoms with Crippen molar-refractivity contribution in [3.63, 3.8) is 0 Å². The van der Waals surface area contributed by atoms with Gasteiger partial charge in [0.05, 0.1) is 13.2 Å². The van der Waals surface area contributed by atoms with E-state index in [0.717, 1.165) is 23.3 Å². The Morgan fingerprint density at radius 2 is 2.27 bits per heavy atom. The van der Waals surface area contributed by atoms with Gasteiger partial charge < -0.3 is 9.84 Å². The molecule has 1 atom stereocenters. The third kappa shape index (κ3) is 3.10. The van der Waals surface area contributed by atoms with E-state index in [9.17, 15) is 5.11 Å². The molecule has 15 heavy (non-hydrogen) atoms. The number of ether oxygens (including phenoxy) is 1. The van der Waals surface area contributed by atoms with Crippen LogP contribution in [0.25, 0.3) is 0 Å². The summed E-state index contributed by atoms with van der Waals surface area (Å²) in [5.41, 5.74) is 1.98. The first kappa shape index (κ1) is 11.8. The van der Waals surface area contributed by atoms with Gasteiger partial charge in [-0.3, -0.25) is 0 Å². The van der Waals surface area contributed by atoms with Crippen LogP contribution in [0.15, 0.2) is 30.9 Å². The second-order valence-corrected chi connectivity index (χ2v) is 3.63. The third-order valence-electron chi connectivity index (χ3n) is 2.39. The Labute approximate surface area is 91.2 Å². The highest BCUT2D eigenvalue weighted by atomic mass is 16.5. The van der Waals surface area contributed by atoms with Gasteiger partial charge in [0.1, 0.15) is 5.75 Å². The van der Waals surface area contributed by atoms with Crippen LogP contribution < -0.4 is 4.74 Å². The number of allylic oxidation sites excluding steroid dienone is 1. The van der Waals surface area contributed by atoms with Crippen molar-refractivity contribution in [1.29, 1.82) is 0 Å². The summed E-state index contributed by atoms with van der Waals surface area (Å²) in [5.74, 6) is 0.756. The van der Waals surface area contributed by atoms with Crippen molar-refractivity contribution in [2.45, 2.75) is 25.9 Å². The highest BCUT2D eigenvalue weighted by Gasteiger charge is 2.12. The number of aryl methyl sites for hydroxylation is 1. The van der Waals surface area contributed by atoms with Crippen molar-refractivity contribution < 1.29 is 9.84 Å². The normalized spacial score (nSPS) is 12.2. The van der Waals surface area contributed by atoms with Crippen LogP contribution in [0, 0.1) is 6.92 Å². The fourth-order valence-corrected chi connectivity index (χ4v) is 1.52. The molecule has 2 nitrogen and oxygen atoms in total. The molecule has 1 aromatic rings. The summed E-state index contributed by atoms with van der Waals surface area (Å²) in [6.07, 6.45) is 2.82. The lowest BCUT2D eigenvalue weighted by molar-refractivity contribution is 0.164. The Hall–Kier alpha value is -1.28. The summed E-state index contributed by atoms with van der Waals surface area (Å²) in [5, 5.41) is 9.93. The van der Waals surface area contributed by atoms with Crippen molar-refractivity contribution in [3.8, 4) is 5.75 Å². The van der Waals surface area contributed by atoms with Gasteiger partial charge in [-0.05, 0) is 31.4 Å². The summed E-state index contributed by atoms with van der Waals surface area (Å²) in [6, 6.07) is 5.84. The highest BCUT2D eigenvalue weighted by Crippen LogP contribution is 2.28. The number of hydrogen-bond acceptors (Lipinski definition) is 2. The van der Waals surface area contributed by atoms with E-state index in [2.05, 4.69) is 6.58 Å². The minimum absolute atomic E-state index is 0.474. The van der Waals surface area contributed by atoms with Crippen molar-refractivity contribution in [2.75, 3.05) is 7.11 Å². The maximum Gasteiger partial charge on any atom is 0.124 e. The first-order valence-corrected chi connectivity index (χ1v) is 5.12. The highest BCUT2D eigenvalue weighted by molar-refractivity contribution is 5.38. The minimum atomic E-state index is -0.474. The van der Waals surface area contributed by atoms with Gasteiger partial charge in [-0.25, -0.2) is 0 Å². The summed E-state index contributed by atoms with van der Waals surface area (Å²) in [4.78, 5) is 0. The quantitative estimate of drug-likeness (QED) is 0.750. The molecule has 0 aliphatic carbocycles. The number of aliphatic hydroxyl groups excluding tert-OH is 1. The third-order valence-corrected chi connectivity index (χ3v) is 2.39. The zero-order valence-corrected chi connectivity index (χ0v) is 9.36. The molecule has 0 radical (unpaired) electrons. The van der Waals surface area contributed by atoms with Crippen LogP contribution in [-0.4, -0.2) is 12.2 Å². The molecule has 0 saturated carbocycles. The lowest BCUT2D eigenvalue weighted by Crippen LogP contribution is -2.00. The molecule has 0 spiro atoms. The van der Waals surface area contributed by atoms with Crippen molar-refractivity contribution in [3.05, 3.63) is 42.0 Å². The standard InChI is InChI=1S/C13H18O2/c1-4-5-6-12(14)11-8-7-10(2)9-13(11)15-3/h4,7-9,12,14H,1,5-6H2,2-3H3. The van der Waals surface area contributed by atoms with Crippen LogP contribution >= 0.6 is 0 Å². The van der Waals surface area contributed by atoms with Crippen LogP contribution in [-0.2, 0) is 0 Å². The maximum absolute atomic E-state index is 9.93. The molecule has 1 N–H and O–H groups in total. The molecule has 0 heterocycles. The first-order chi connectivity index (χ1) is 7.19. The van der Waals surface area contributed by atoms with E-state index in [1.54, 1.807) is 7.11 Å². The molecule has 82 valence electrons. The van der Waals surface area contributed by atoms with Gasteiger partial charge in [0.25, 0.3) is 0 Å². The molecule has 0 aliphatic rings. The monoisotopic (exact) mass is 206 g/mol. The van der Waals surface area contributed by atoms with Gasteiger partial charge in [0.2, 0.25) is 0 Å². The molecule has 0 amide bonds. The Kier molecular flexibility index (Phi) is 4.37. The van der Waals surface area contributed by atoms with E-state index >= 15 is 0 Å². The van der Waals surface area contributed by atoms with Gasteiger partial charge in [-0.15, -0.1) is 6.58 Å². The SMILES string of the molecule is C=CCCC(O)c1ccc(C)cc1OC. The number of rotatable bonds is 5. The molecule has 0 aliphatic heterocycles. The average molecular weight is 206 g/mol. The average Bonchev–Trinajstić information content (AvgIpc) is 2.25. The van der Waals surface area contributed by atoms with Crippen LogP contribution in [0.1, 0.15) is 30.1 Å². The van der Waals surface area contributed by atoms with E-state index in [4.69, 9.17) is 4.74 Å². The van der Waals surface area contributed by atoms with Crippen LogP contribution in [0.4, 0.5) is 0 Å². The summed E-state index contributed by atoms with van der Waals surface area (Å²) in [7, 11) is 1.62. The van der Waals surface area contributed by atoms with Gasteiger partial charge >= 0.3 is 0 Å². The van der Waals surface area contributed by atoms with Crippen LogP contribution in [0.5, 0.6) is 5.75 Å². The maximum atomic E-state index is 9.93. The molecule has 0 saturated heterocycles. The smallest absolute Gasteiger partial charge is 0.124 e. The molecule has 2 heteroatoms. The van der Waals surface area contributed by atoms with Crippen molar-refractivity contribution in [1.82, 2.24) is 0 Å². The number of benzene rings is 1. The Morgan fingerprint density at radius 3 is 2.87 bits per heavy atom. The second kappa shape index (κ2) is 5.56. The molecule has 1 rings (SSSR count). The fourth-order valence-electron chi connectivity index (χ4n) is 1.52. The van der Waals surface area contributed by atoms with E-state index in [1.807, 2.05) is 31.2 Å². The van der Waals surface area contributed by atoms with Crippen LogP contribution in [0.2, 0.25) is 0 Å². The molecular formula is C13H18O2. The first-order valence-electron chi connectivity index (χ1n) is 5.12. The van der Waals surface area contributed by atoms with Gasteiger partial charge in [-0.1, -0.05) is 18.2 Å². The topological polar surface area (TPSA) is 29.5 Å². The zero-order chi connectivity index (χ0) is 11.3. The molecule has 0 aromatic heterocycles. The van der Waals surface area contributed by atoms with Gasteiger partial charge in [0.15, 0.2) is 0 Å². The molecular weight excluding hydrogens is 188 g/mol. The number of hydrogen-bond donors (Lipinski definition) is 1. The Morgan fingerprint density at radius 1 is 1.53 bits per heavy atom. The second-order valence-electron chi connectivity index (χ2n) is 3.63. The predicted molar refractivity (Wildman–Crippen MR) is 62.1 cm³/mol. The molecule has 1 aromatic carbocycles. The van der Waals surface area contributed by atoms with E-state index in [1.165, 1.54) is 0 Å². The number of aliphatic hydroxyl groups is 1. The zero-order valence-electron chi connectivity index (χ0n) is 9.36. The van der Waals surface area contributed by atoms with Gasteiger partial charge in [0, 0.05) is 5.56 Å². The van der Waals surface area contributed by atoms with Crippen LogP contribution in [0.3, 0.4) is 0 Å². The van der Waals surface area contributed by atoms with E-state index in [-0.39, 0.29) is 0 Å². The lowest BCUT2D eigenvalue weighted by atomic mass is 10.0. The molecule has 0 fully saturated rings. The van der Waals surface area contributed by atoms with Crippen molar-refractivity contribution in [2.24, 2.45) is 0 Å². The molecule has 0 bridgehead atoms. The predicted octanol–water partition coefficient (Wildman–Crippen LogP) is 3.00. The Balaban J connectivity index is 2.86. The van der Waals surface area contributed by atoms with E-state index in [0.29, 0.717) is 6.42 Å². The minimum Gasteiger partial charge on any atom is -0.496 e. The summed E-state index contributed by atoms with van der Waals surface area (Å²) < 4.78 is 5.24. The lowest BCUT2D eigenvalue weighted by Gasteiger charge is -2.14. The summed E-state index contributed by atoms with van der Waals surface area (Å²) >= 11 is 0. The Bertz CT molecular complexity index is 331. The van der Waals surface area contributed by atoms with E-state index < -0.39 is 6.10 Å². The van der Waals surface area contributed by atoms with Crippen molar-refractivity contribution >= 4 is 0 Å². The largest absolute Gasteiger partial charge is 0.496 e. The number of methoxy groups -OCH3 is 1. The summed E-state index contributed by atoms with van der Waals surface area (Å²) in [6.45, 7) is 5.64. The molecule has 1 unspecified atom stereocenters.